The van der Waals surface area contributed by atoms with E-state index < -0.39 is 5.97 Å². The summed E-state index contributed by atoms with van der Waals surface area (Å²) in [5.41, 5.74) is 2.37. The number of carboxylic acid groups (broad SMARTS) is 1. The van der Waals surface area contributed by atoms with Gasteiger partial charge in [-0.25, -0.2) is 9.78 Å². The van der Waals surface area contributed by atoms with Crippen LogP contribution in [0.25, 0.3) is 0 Å². The first-order chi connectivity index (χ1) is 10.6. The molecule has 2 heterocycles. The first kappa shape index (κ1) is 14.8. The van der Waals surface area contributed by atoms with Crippen LogP contribution in [0.5, 0.6) is 0 Å². The third-order valence-electron chi connectivity index (χ3n) is 4.26. The summed E-state index contributed by atoms with van der Waals surface area (Å²) in [5.74, 6) is 0.596. The van der Waals surface area contributed by atoms with Crippen molar-refractivity contribution in [1.82, 2.24) is 14.9 Å². The smallest absolute Gasteiger partial charge is 0.336 e. The molecule has 1 aromatic heterocycles. The highest BCUT2D eigenvalue weighted by Crippen LogP contribution is 2.26. The molecule has 3 rings (SSSR count). The number of aromatic carboxylic acids is 1. The number of H-pyrrole nitrogens is 1. The van der Waals surface area contributed by atoms with Gasteiger partial charge in [0.25, 0.3) is 0 Å². The lowest BCUT2D eigenvalue weighted by molar-refractivity contribution is 0.0694. The summed E-state index contributed by atoms with van der Waals surface area (Å²) in [6.45, 7) is 4.61. The molecule has 0 saturated carbocycles. The number of nitrogens with one attached hydrogen (secondary N) is 1. The van der Waals surface area contributed by atoms with Gasteiger partial charge in [0, 0.05) is 30.9 Å². The quantitative estimate of drug-likeness (QED) is 0.911. The van der Waals surface area contributed by atoms with Crippen LogP contribution in [0.15, 0.2) is 30.5 Å². The van der Waals surface area contributed by atoms with E-state index in [1.165, 1.54) is 0 Å². The minimum Gasteiger partial charge on any atom is -0.478 e. The van der Waals surface area contributed by atoms with E-state index in [-0.39, 0.29) is 0 Å². The molecule has 5 nitrogen and oxygen atoms in total. The lowest BCUT2D eigenvalue weighted by Gasteiger charge is -2.32. The molecule has 1 fully saturated rings. The van der Waals surface area contributed by atoms with Gasteiger partial charge in [0.1, 0.15) is 5.82 Å². The van der Waals surface area contributed by atoms with Crippen molar-refractivity contribution in [2.24, 2.45) is 0 Å². The predicted octanol–water partition coefficient (Wildman–Crippen LogP) is 2.80. The molecular weight excluding hydrogens is 278 g/mol. The molecule has 0 spiro atoms. The Labute approximate surface area is 130 Å². The molecule has 0 bridgehead atoms. The zero-order chi connectivity index (χ0) is 15.5. The molecule has 1 saturated heterocycles. The highest BCUT2D eigenvalue weighted by Gasteiger charge is 2.24. The number of benzene rings is 1. The fourth-order valence-corrected chi connectivity index (χ4v) is 3.17. The molecule has 2 N–H and O–H groups in total. The van der Waals surface area contributed by atoms with E-state index in [2.05, 4.69) is 14.9 Å². The van der Waals surface area contributed by atoms with Gasteiger partial charge in [-0.15, -0.1) is 0 Å². The van der Waals surface area contributed by atoms with Crippen molar-refractivity contribution >= 4 is 5.97 Å². The number of nitrogens with zero attached hydrogens (tertiary/aromatic N) is 2. The minimum absolute atomic E-state index is 0.401. The van der Waals surface area contributed by atoms with Gasteiger partial charge >= 0.3 is 5.97 Å². The highest BCUT2D eigenvalue weighted by atomic mass is 16.4. The summed E-state index contributed by atoms with van der Waals surface area (Å²) in [6, 6.07) is 7.26. The largest absolute Gasteiger partial charge is 0.478 e. The average Bonchev–Trinajstić information content (AvgIpc) is 2.94. The zero-order valence-corrected chi connectivity index (χ0v) is 12.7. The van der Waals surface area contributed by atoms with Crippen LogP contribution < -0.4 is 0 Å². The summed E-state index contributed by atoms with van der Waals surface area (Å²) >= 11 is 0. The second kappa shape index (κ2) is 6.32. The topological polar surface area (TPSA) is 69.2 Å². The number of likely N-dealkylation sites (tertiary alicyclic amines) is 1. The van der Waals surface area contributed by atoms with Crippen LogP contribution in [-0.4, -0.2) is 39.0 Å². The van der Waals surface area contributed by atoms with Gasteiger partial charge in [0.2, 0.25) is 0 Å². The summed E-state index contributed by atoms with van der Waals surface area (Å²) in [7, 11) is 0. The zero-order valence-electron chi connectivity index (χ0n) is 12.7. The Morgan fingerprint density at radius 2 is 2.27 bits per heavy atom. The van der Waals surface area contributed by atoms with Crippen LogP contribution in [0.2, 0.25) is 0 Å². The van der Waals surface area contributed by atoms with Gasteiger partial charge in [-0.05, 0) is 37.9 Å². The second-order valence-electron chi connectivity index (χ2n) is 5.99. The number of carboxylic acids is 1. The molecule has 2 aromatic rings. The van der Waals surface area contributed by atoms with Gasteiger partial charge in [-0.2, -0.15) is 0 Å². The number of hydrogen-bond donors (Lipinski definition) is 2. The Balaban J connectivity index is 1.72. The Morgan fingerprint density at radius 1 is 1.45 bits per heavy atom. The van der Waals surface area contributed by atoms with Crippen LogP contribution in [0.4, 0.5) is 0 Å². The van der Waals surface area contributed by atoms with Gasteiger partial charge in [0.15, 0.2) is 0 Å². The maximum absolute atomic E-state index is 11.3. The molecule has 1 aliphatic rings. The third kappa shape index (κ3) is 3.20. The van der Waals surface area contributed by atoms with Crippen molar-refractivity contribution < 1.29 is 9.90 Å². The number of hydrogen-bond acceptors (Lipinski definition) is 3. The normalized spacial score (nSPS) is 19.2. The summed E-state index contributed by atoms with van der Waals surface area (Å²) in [6.07, 6.45) is 4.11. The SMILES string of the molecule is Cc1cnc(C2CCCN(Cc3ccccc3C(=O)O)C2)[nH]1. The molecule has 1 atom stereocenters. The lowest BCUT2D eigenvalue weighted by Crippen LogP contribution is -2.34. The van der Waals surface area contributed by atoms with Crippen molar-refractivity contribution in [2.45, 2.75) is 32.2 Å². The first-order valence-electron chi connectivity index (χ1n) is 7.68. The van der Waals surface area contributed by atoms with Crippen molar-refractivity contribution in [3.05, 3.63) is 53.1 Å². The minimum atomic E-state index is -0.856. The first-order valence-corrected chi connectivity index (χ1v) is 7.68. The van der Waals surface area contributed by atoms with Gasteiger partial charge in [-0.3, -0.25) is 4.90 Å². The summed E-state index contributed by atoms with van der Waals surface area (Å²) in [5, 5.41) is 9.29. The number of piperidine rings is 1. The monoisotopic (exact) mass is 299 g/mol. The van der Waals surface area contributed by atoms with E-state index in [0.717, 1.165) is 43.0 Å². The van der Waals surface area contributed by atoms with E-state index >= 15 is 0 Å². The molecule has 0 aliphatic carbocycles. The summed E-state index contributed by atoms with van der Waals surface area (Å²) < 4.78 is 0. The molecule has 0 radical (unpaired) electrons. The number of carbonyl (C=O) groups is 1. The average molecular weight is 299 g/mol. The molecule has 116 valence electrons. The third-order valence-corrected chi connectivity index (χ3v) is 4.26. The Morgan fingerprint density at radius 3 is 3.00 bits per heavy atom. The number of imidazole rings is 1. The van der Waals surface area contributed by atoms with Crippen LogP contribution in [0.1, 0.15) is 46.2 Å². The maximum Gasteiger partial charge on any atom is 0.336 e. The fraction of sp³-hybridized carbons (Fsp3) is 0.412. The predicted molar refractivity (Wildman–Crippen MR) is 84.0 cm³/mol. The van der Waals surface area contributed by atoms with E-state index in [1.54, 1.807) is 12.1 Å². The number of aromatic nitrogens is 2. The van der Waals surface area contributed by atoms with E-state index in [4.69, 9.17) is 0 Å². The second-order valence-corrected chi connectivity index (χ2v) is 5.99. The number of rotatable bonds is 4. The van der Waals surface area contributed by atoms with Crippen LogP contribution in [0.3, 0.4) is 0 Å². The molecular formula is C17H21N3O2. The molecule has 1 unspecified atom stereocenters. The van der Waals surface area contributed by atoms with Crippen molar-refractivity contribution in [2.75, 3.05) is 13.1 Å². The fourth-order valence-electron chi connectivity index (χ4n) is 3.17. The van der Waals surface area contributed by atoms with Crippen LogP contribution in [-0.2, 0) is 6.54 Å². The summed E-state index contributed by atoms with van der Waals surface area (Å²) in [4.78, 5) is 21.4. The van der Waals surface area contributed by atoms with Crippen molar-refractivity contribution in [3.63, 3.8) is 0 Å². The molecule has 1 aromatic carbocycles. The molecule has 0 amide bonds. The molecule has 5 heteroatoms. The maximum atomic E-state index is 11.3. The van der Waals surface area contributed by atoms with E-state index in [1.807, 2.05) is 25.3 Å². The highest BCUT2D eigenvalue weighted by molar-refractivity contribution is 5.89. The van der Waals surface area contributed by atoms with Gasteiger partial charge in [-0.1, -0.05) is 18.2 Å². The van der Waals surface area contributed by atoms with Crippen molar-refractivity contribution in [1.29, 1.82) is 0 Å². The van der Waals surface area contributed by atoms with Gasteiger partial charge in [0.05, 0.1) is 5.56 Å². The standard InChI is InChI=1S/C17H21N3O2/c1-12-9-18-16(19-12)14-6-4-8-20(11-14)10-13-5-2-3-7-15(13)17(21)22/h2-3,5,7,9,14H,4,6,8,10-11H2,1H3,(H,18,19)(H,21,22). The number of aromatic amines is 1. The Hall–Kier alpha value is -2.14. The Bertz CT molecular complexity index is 665. The molecule has 22 heavy (non-hydrogen) atoms. The van der Waals surface area contributed by atoms with Crippen LogP contribution in [0, 0.1) is 6.92 Å². The van der Waals surface area contributed by atoms with Crippen molar-refractivity contribution in [3.8, 4) is 0 Å². The van der Waals surface area contributed by atoms with E-state index in [0.29, 0.717) is 18.0 Å². The van der Waals surface area contributed by atoms with Gasteiger partial charge < -0.3 is 10.1 Å². The Kier molecular flexibility index (Phi) is 4.24. The van der Waals surface area contributed by atoms with E-state index in [9.17, 15) is 9.90 Å². The van der Waals surface area contributed by atoms with Crippen LogP contribution >= 0.6 is 0 Å². The molecule has 1 aliphatic heterocycles. The lowest BCUT2D eigenvalue weighted by atomic mass is 9.96. The number of aryl methyl sites for hydroxylation is 1.